The molecule has 0 heterocycles. The molecular weight excluding hydrogens is 291 g/mol. The lowest BCUT2D eigenvalue weighted by Crippen LogP contribution is -2.13. The van der Waals surface area contributed by atoms with Crippen molar-refractivity contribution >= 4 is 17.6 Å². The molecule has 2 rings (SSSR count). The Morgan fingerprint density at radius 3 is 2.86 bits per heavy atom. The predicted octanol–water partition coefficient (Wildman–Crippen LogP) is 3.22. The van der Waals surface area contributed by atoms with Crippen LogP contribution in [0.5, 0.6) is 5.75 Å². The van der Waals surface area contributed by atoms with E-state index in [9.17, 15) is 4.39 Å². The summed E-state index contributed by atoms with van der Waals surface area (Å²) in [6.07, 6.45) is 0. The quantitative estimate of drug-likeness (QED) is 0.293. The predicted molar refractivity (Wildman–Crippen MR) is 81.5 cm³/mol. The smallest absolute Gasteiger partial charge is 0.170 e. The van der Waals surface area contributed by atoms with E-state index in [4.69, 9.17) is 15.7 Å². The molecule has 0 aromatic heterocycles. The third kappa shape index (κ3) is 4.13. The highest BCUT2D eigenvalue weighted by Crippen LogP contribution is 2.26. The first kappa shape index (κ1) is 15.2. The van der Waals surface area contributed by atoms with Crippen LogP contribution in [0.4, 0.5) is 4.39 Å². The van der Waals surface area contributed by atoms with Gasteiger partial charge in [0.05, 0.1) is 7.11 Å². The molecule has 0 aliphatic rings. The molecule has 0 saturated heterocycles. The van der Waals surface area contributed by atoms with Gasteiger partial charge < -0.3 is 15.7 Å². The van der Waals surface area contributed by atoms with E-state index >= 15 is 0 Å². The molecule has 0 amide bonds. The van der Waals surface area contributed by atoms with Crippen LogP contribution in [-0.2, 0) is 5.75 Å². The molecule has 0 radical (unpaired) electrons. The maximum atomic E-state index is 13.5. The molecule has 0 fully saturated rings. The summed E-state index contributed by atoms with van der Waals surface area (Å²) in [5, 5.41) is 11.5. The Hall–Kier alpha value is -2.21. The molecule has 0 aliphatic heterocycles. The summed E-state index contributed by atoms with van der Waals surface area (Å²) in [6.45, 7) is 0. The van der Waals surface area contributed by atoms with Crippen LogP contribution in [0.2, 0.25) is 0 Å². The highest BCUT2D eigenvalue weighted by atomic mass is 32.2. The van der Waals surface area contributed by atoms with Crippen molar-refractivity contribution in [2.45, 2.75) is 10.6 Å². The number of hydrogen-bond acceptors (Lipinski definition) is 4. The van der Waals surface area contributed by atoms with Crippen molar-refractivity contribution < 1.29 is 14.3 Å². The fourth-order valence-electron chi connectivity index (χ4n) is 1.80. The first-order valence-electron chi connectivity index (χ1n) is 6.16. The van der Waals surface area contributed by atoms with Crippen molar-refractivity contribution in [3.63, 3.8) is 0 Å². The number of thioether (sulfide) groups is 1. The number of methoxy groups -OCH3 is 1. The molecule has 21 heavy (non-hydrogen) atoms. The number of amidine groups is 1. The van der Waals surface area contributed by atoms with Crippen molar-refractivity contribution in [3.8, 4) is 5.75 Å². The second-order valence-corrected chi connectivity index (χ2v) is 5.35. The van der Waals surface area contributed by atoms with Crippen LogP contribution >= 0.6 is 11.8 Å². The highest BCUT2D eigenvalue weighted by molar-refractivity contribution is 7.98. The molecular formula is C15H15FN2O2S. The number of hydrogen-bond donors (Lipinski definition) is 2. The molecule has 0 bridgehead atoms. The molecule has 4 nitrogen and oxygen atoms in total. The standard InChI is InChI=1S/C15H15FN2O2S/c1-20-13-3-2-4-14(8-13)21-9-10-5-11(15(17)18-19)7-12(16)6-10/h2-8,19H,9H2,1H3,(H2,17,18). The van der Waals surface area contributed by atoms with Gasteiger partial charge in [-0.3, -0.25) is 0 Å². The first-order valence-corrected chi connectivity index (χ1v) is 7.15. The minimum absolute atomic E-state index is 0.109. The molecule has 3 N–H and O–H groups in total. The van der Waals surface area contributed by atoms with Crippen molar-refractivity contribution in [3.05, 3.63) is 59.4 Å². The fourth-order valence-corrected chi connectivity index (χ4v) is 2.67. The second kappa shape index (κ2) is 6.99. The van der Waals surface area contributed by atoms with Gasteiger partial charge in [-0.1, -0.05) is 11.2 Å². The molecule has 0 aliphatic carbocycles. The fraction of sp³-hybridized carbons (Fsp3) is 0.133. The molecule has 110 valence electrons. The van der Waals surface area contributed by atoms with E-state index in [0.717, 1.165) is 16.2 Å². The zero-order valence-corrected chi connectivity index (χ0v) is 12.2. The Morgan fingerprint density at radius 1 is 1.33 bits per heavy atom. The van der Waals surface area contributed by atoms with E-state index in [2.05, 4.69) is 5.16 Å². The van der Waals surface area contributed by atoms with E-state index in [1.54, 1.807) is 24.9 Å². The number of rotatable bonds is 5. The Balaban J connectivity index is 2.14. The molecule has 0 unspecified atom stereocenters. The zero-order chi connectivity index (χ0) is 15.2. The largest absolute Gasteiger partial charge is 0.497 e. The molecule has 6 heteroatoms. The van der Waals surface area contributed by atoms with Crippen LogP contribution in [0.3, 0.4) is 0 Å². The van der Waals surface area contributed by atoms with E-state index in [1.807, 2.05) is 24.3 Å². The Kier molecular flexibility index (Phi) is 5.05. The van der Waals surface area contributed by atoms with Gasteiger partial charge in [-0.25, -0.2) is 4.39 Å². The summed E-state index contributed by atoms with van der Waals surface area (Å²) < 4.78 is 18.7. The minimum atomic E-state index is -0.416. The van der Waals surface area contributed by atoms with Gasteiger partial charge in [-0.05, 0) is 42.0 Å². The summed E-state index contributed by atoms with van der Waals surface area (Å²) in [5.41, 5.74) is 6.60. The lowest BCUT2D eigenvalue weighted by molar-refractivity contribution is 0.318. The zero-order valence-electron chi connectivity index (χ0n) is 11.4. The summed E-state index contributed by atoms with van der Waals surface area (Å²) in [7, 11) is 1.61. The van der Waals surface area contributed by atoms with Crippen LogP contribution in [0.25, 0.3) is 0 Å². The number of halogens is 1. The van der Waals surface area contributed by atoms with E-state index in [1.165, 1.54) is 12.1 Å². The lowest BCUT2D eigenvalue weighted by atomic mass is 10.1. The lowest BCUT2D eigenvalue weighted by Gasteiger charge is -2.07. The Bertz CT molecular complexity index is 662. The van der Waals surface area contributed by atoms with Crippen LogP contribution < -0.4 is 10.5 Å². The number of oxime groups is 1. The Labute approximate surface area is 126 Å². The van der Waals surface area contributed by atoms with Crippen LogP contribution in [-0.4, -0.2) is 18.2 Å². The maximum Gasteiger partial charge on any atom is 0.170 e. The van der Waals surface area contributed by atoms with Crippen LogP contribution in [0, 0.1) is 5.82 Å². The average Bonchev–Trinajstić information content (AvgIpc) is 2.51. The summed E-state index contributed by atoms with van der Waals surface area (Å²) in [5.74, 6) is 0.815. The normalized spacial score (nSPS) is 11.4. The van der Waals surface area contributed by atoms with Gasteiger partial charge in [0.25, 0.3) is 0 Å². The van der Waals surface area contributed by atoms with Gasteiger partial charge in [-0.2, -0.15) is 0 Å². The van der Waals surface area contributed by atoms with Gasteiger partial charge in [0.2, 0.25) is 0 Å². The van der Waals surface area contributed by atoms with Crippen molar-refractivity contribution in [1.29, 1.82) is 0 Å². The van der Waals surface area contributed by atoms with Crippen molar-refractivity contribution in [2.24, 2.45) is 10.9 Å². The van der Waals surface area contributed by atoms with E-state index < -0.39 is 5.82 Å². The molecule has 0 atom stereocenters. The average molecular weight is 306 g/mol. The van der Waals surface area contributed by atoms with Crippen LogP contribution in [0.1, 0.15) is 11.1 Å². The summed E-state index contributed by atoms with van der Waals surface area (Å²) in [4.78, 5) is 1.02. The molecule has 0 saturated carbocycles. The summed E-state index contributed by atoms with van der Waals surface area (Å²) >= 11 is 1.55. The number of ether oxygens (including phenoxy) is 1. The topological polar surface area (TPSA) is 67.8 Å². The summed E-state index contributed by atoms with van der Waals surface area (Å²) in [6, 6.07) is 12.0. The third-order valence-electron chi connectivity index (χ3n) is 2.81. The van der Waals surface area contributed by atoms with Crippen molar-refractivity contribution in [1.82, 2.24) is 0 Å². The first-order chi connectivity index (χ1) is 10.1. The minimum Gasteiger partial charge on any atom is -0.497 e. The number of benzene rings is 2. The Morgan fingerprint density at radius 2 is 2.14 bits per heavy atom. The van der Waals surface area contributed by atoms with Gasteiger partial charge in [0.15, 0.2) is 5.84 Å². The SMILES string of the molecule is COc1cccc(SCc2cc(F)cc(/C(N)=N/O)c2)c1. The van der Waals surface area contributed by atoms with Crippen LogP contribution in [0.15, 0.2) is 52.5 Å². The molecule has 0 spiro atoms. The van der Waals surface area contributed by atoms with Gasteiger partial charge >= 0.3 is 0 Å². The maximum absolute atomic E-state index is 13.5. The highest BCUT2D eigenvalue weighted by Gasteiger charge is 2.06. The van der Waals surface area contributed by atoms with Gasteiger partial charge in [0.1, 0.15) is 11.6 Å². The molecule has 2 aromatic rings. The number of nitrogens with two attached hydrogens (primary N) is 1. The van der Waals surface area contributed by atoms with Crippen molar-refractivity contribution in [2.75, 3.05) is 7.11 Å². The van der Waals surface area contributed by atoms with E-state index in [-0.39, 0.29) is 5.84 Å². The third-order valence-corrected chi connectivity index (χ3v) is 3.87. The van der Waals surface area contributed by atoms with Gasteiger partial charge in [-0.15, -0.1) is 11.8 Å². The monoisotopic (exact) mass is 306 g/mol. The molecule has 2 aromatic carbocycles. The van der Waals surface area contributed by atoms with E-state index in [0.29, 0.717) is 11.3 Å². The van der Waals surface area contributed by atoms with Gasteiger partial charge in [0, 0.05) is 16.2 Å². The number of nitrogens with zero attached hydrogens (tertiary/aromatic N) is 1. The second-order valence-electron chi connectivity index (χ2n) is 4.30.